The number of ketones is 1. The van der Waals surface area contributed by atoms with Crippen LogP contribution in [0.25, 0.3) is 0 Å². The van der Waals surface area contributed by atoms with Crippen molar-refractivity contribution in [2.45, 2.75) is 52.8 Å². The first-order valence-electron chi connectivity index (χ1n) is 7.86. The summed E-state index contributed by atoms with van der Waals surface area (Å²) in [6.07, 6.45) is -0.961. The molecule has 0 saturated carbocycles. The van der Waals surface area contributed by atoms with Crippen LogP contribution in [0.1, 0.15) is 34.6 Å². The third-order valence-electron chi connectivity index (χ3n) is 4.46. The van der Waals surface area contributed by atoms with Gasteiger partial charge in [-0.15, -0.1) is 0 Å². The van der Waals surface area contributed by atoms with E-state index < -0.39 is 60.1 Å². The number of aliphatic hydroxyl groups is 1. The van der Waals surface area contributed by atoms with E-state index in [0.29, 0.717) is 0 Å². The summed E-state index contributed by atoms with van der Waals surface area (Å²) in [5.74, 6) is -3.57. The Labute approximate surface area is 140 Å². The van der Waals surface area contributed by atoms with Crippen molar-refractivity contribution in [3.8, 4) is 0 Å². The molecule has 0 aromatic rings. The van der Waals surface area contributed by atoms with Gasteiger partial charge in [-0.05, 0) is 27.7 Å². The van der Waals surface area contributed by atoms with E-state index in [1.54, 1.807) is 27.7 Å². The monoisotopic (exact) mass is 341 g/mol. The Kier molecular flexibility index (Phi) is 4.72. The number of fused-ring (bicyclic) bond motifs is 1. The van der Waals surface area contributed by atoms with Crippen LogP contribution in [0, 0.1) is 17.3 Å². The fourth-order valence-corrected chi connectivity index (χ4v) is 3.06. The Morgan fingerprint density at radius 2 is 1.83 bits per heavy atom. The van der Waals surface area contributed by atoms with Gasteiger partial charge in [0.25, 0.3) is 0 Å². The fourth-order valence-electron chi connectivity index (χ4n) is 3.06. The van der Waals surface area contributed by atoms with E-state index in [0.717, 1.165) is 4.90 Å². The van der Waals surface area contributed by atoms with E-state index in [-0.39, 0.29) is 5.78 Å². The van der Waals surface area contributed by atoms with Gasteiger partial charge in [-0.25, -0.2) is 4.79 Å². The van der Waals surface area contributed by atoms with Crippen molar-refractivity contribution < 1.29 is 33.8 Å². The van der Waals surface area contributed by atoms with Gasteiger partial charge in [0.2, 0.25) is 12.7 Å². The third kappa shape index (κ3) is 2.90. The van der Waals surface area contributed by atoms with Crippen molar-refractivity contribution >= 4 is 23.6 Å². The summed E-state index contributed by atoms with van der Waals surface area (Å²) in [5, 5.41) is 9.62. The van der Waals surface area contributed by atoms with Gasteiger partial charge in [0.1, 0.15) is 12.1 Å². The summed E-state index contributed by atoms with van der Waals surface area (Å²) in [5.41, 5.74) is -0.730. The van der Waals surface area contributed by atoms with Gasteiger partial charge < -0.3 is 19.5 Å². The number of rotatable bonds is 4. The maximum Gasteiger partial charge on any atom is 0.332 e. The van der Waals surface area contributed by atoms with Crippen LogP contribution in [0.3, 0.4) is 0 Å². The number of nitrogens with zero attached hydrogens (tertiary/aromatic N) is 1. The third-order valence-corrected chi connectivity index (χ3v) is 4.46. The largest absolute Gasteiger partial charge is 0.427 e. The number of Topliss-reactive ketones (excluding diaryl/α,β-unsaturated/α-hetero) is 1. The SMILES string of the molecule is C[C@@H](O)[C@H]1C(=O)N2[C@@H]1C(=O)[C@H](C)[C@@H]2C(=O)OCOC(=O)C(C)(C)C. The number of β-lactam (4-membered cyclic amide) rings is 1. The molecule has 2 heterocycles. The van der Waals surface area contributed by atoms with E-state index in [4.69, 9.17) is 9.47 Å². The van der Waals surface area contributed by atoms with Crippen molar-refractivity contribution in [3.05, 3.63) is 0 Å². The Hall–Kier alpha value is -1.96. The molecule has 24 heavy (non-hydrogen) atoms. The lowest BCUT2D eigenvalue weighted by Gasteiger charge is -2.44. The highest BCUT2D eigenvalue weighted by atomic mass is 16.7. The van der Waals surface area contributed by atoms with Crippen LogP contribution in [0.4, 0.5) is 0 Å². The highest BCUT2D eigenvalue weighted by molar-refractivity contribution is 6.08. The Bertz CT molecular complexity index is 577. The van der Waals surface area contributed by atoms with Gasteiger partial charge in [0, 0.05) is 5.92 Å². The average molecular weight is 341 g/mol. The number of hydrogen-bond acceptors (Lipinski definition) is 7. The average Bonchev–Trinajstić information content (AvgIpc) is 2.67. The maximum atomic E-state index is 12.3. The molecule has 0 spiro atoms. The molecule has 2 aliphatic rings. The number of carbonyl (C=O) groups is 4. The Morgan fingerprint density at radius 1 is 1.25 bits per heavy atom. The molecule has 2 saturated heterocycles. The predicted octanol–water partition coefficient (Wildman–Crippen LogP) is -0.128. The summed E-state index contributed by atoms with van der Waals surface area (Å²) >= 11 is 0. The van der Waals surface area contributed by atoms with Gasteiger partial charge >= 0.3 is 11.9 Å². The van der Waals surface area contributed by atoms with Crippen LogP contribution in [0.2, 0.25) is 0 Å². The molecule has 0 bridgehead atoms. The van der Waals surface area contributed by atoms with E-state index in [9.17, 15) is 24.3 Å². The molecule has 0 aliphatic carbocycles. The van der Waals surface area contributed by atoms with Crippen LogP contribution in [0.15, 0.2) is 0 Å². The summed E-state index contributed by atoms with van der Waals surface area (Å²) in [6.45, 7) is 7.39. The molecule has 5 atom stereocenters. The molecule has 1 amide bonds. The van der Waals surface area contributed by atoms with E-state index >= 15 is 0 Å². The van der Waals surface area contributed by atoms with Crippen LogP contribution in [-0.2, 0) is 28.7 Å². The van der Waals surface area contributed by atoms with Crippen LogP contribution >= 0.6 is 0 Å². The van der Waals surface area contributed by atoms with Crippen molar-refractivity contribution in [2.75, 3.05) is 6.79 Å². The smallest absolute Gasteiger partial charge is 0.332 e. The Balaban J connectivity index is 1.99. The molecule has 2 aliphatic heterocycles. The molecule has 0 aromatic carbocycles. The van der Waals surface area contributed by atoms with Crippen molar-refractivity contribution in [1.29, 1.82) is 0 Å². The van der Waals surface area contributed by atoms with Gasteiger partial charge in [-0.3, -0.25) is 14.4 Å². The summed E-state index contributed by atoms with van der Waals surface area (Å²) in [7, 11) is 0. The first-order valence-corrected chi connectivity index (χ1v) is 7.86. The maximum absolute atomic E-state index is 12.3. The molecule has 0 radical (unpaired) electrons. The molecule has 0 unspecified atom stereocenters. The zero-order valence-electron chi connectivity index (χ0n) is 14.4. The van der Waals surface area contributed by atoms with Crippen molar-refractivity contribution in [3.63, 3.8) is 0 Å². The lowest BCUT2D eigenvalue weighted by Crippen LogP contribution is -2.66. The first kappa shape index (κ1) is 18.4. The molecule has 8 nitrogen and oxygen atoms in total. The highest BCUT2D eigenvalue weighted by Crippen LogP contribution is 2.42. The van der Waals surface area contributed by atoms with Crippen LogP contribution in [-0.4, -0.2) is 58.6 Å². The zero-order valence-corrected chi connectivity index (χ0v) is 14.4. The highest BCUT2D eigenvalue weighted by Gasteiger charge is 2.65. The second-order valence-electron chi connectivity index (χ2n) is 7.36. The second kappa shape index (κ2) is 6.16. The van der Waals surface area contributed by atoms with Gasteiger partial charge in [0.15, 0.2) is 5.78 Å². The molecular formula is C16H23NO7. The minimum Gasteiger partial charge on any atom is -0.427 e. The Morgan fingerprint density at radius 3 is 2.33 bits per heavy atom. The number of carbonyl (C=O) groups excluding carboxylic acids is 4. The first-order chi connectivity index (χ1) is 11.0. The summed E-state index contributed by atoms with van der Waals surface area (Å²) < 4.78 is 9.77. The van der Waals surface area contributed by atoms with Crippen molar-refractivity contribution in [1.82, 2.24) is 4.90 Å². The minimum atomic E-state index is -1.04. The molecule has 1 N–H and O–H groups in total. The molecule has 134 valence electrons. The van der Waals surface area contributed by atoms with E-state index in [2.05, 4.69) is 0 Å². The number of hydrogen-bond donors (Lipinski definition) is 1. The molecular weight excluding hydrogens is 318 g/mol. The lowest BCUT2D eigenvalue weighted by molar-refractivity contribution is -0.183. The van der Waals surface area contributed by atoms with Crippen LogP contribution in [0.5, 0.6) is 0 Å². The van der Waals surface area contributed by atoms with Gasteiger partial charge in [0.05, 0.1) is 17.4 Å². The second-order valence-corrected chi connectivity index (χ2v) is 7.36. The van der Waals surface area contributed by atoms with Crippen LogP contribution < -0.4 is 0 Å². The predicted molar refractivity (Wildman–Crippen MR) is 80.3 cm³/mol. The number of esters is 2. The normalized spacial score (nSPS) is 30.5. The lowest BCUT2D eigenvalue weighted by atomic mass is 9.83. The zero-order chi connectivity index (χ0) is 18.4. The quantitative estimate of drug-likeness (QED) is 0.431. The molecule has 0 aromatic heterocycles. The molecule has 2 fully saturated rings. The number of aliphatic hydroxyl groups excluding tert-OH is 1. The summed E-state index contributed by atoms with van der Waals surface area (Å²) in [6, 6.07) is -1.83. The molecule has 8 heteroatoms. The minimum absolute atomic E-state index is 0.269. The van der Waals surface area contributed by atoms with Crippen molar-refractivity contribution in [2.24, 2.45) is 17.3 Å². The molecule has 2 rings (SSSR count). The number of amides is 1. The topological polar surface area (TPSA) is 110 Å². The van der Waals surface area contributed by atoms with E-state index in [1.807, 2.05) is 0 Å². The van der Waals surface area contributed by atoms with Gasteiger partial charge in [-0.2, -0.15) is 0 Å². The fraction of sp³-hybridized carbons (Fsp3) is 0.750. The standard InChI is InChI=1S/C16H23NO7/c1-7-10(14(21)23-6-24-15(22)16(3,4)5)17-11(12(7)19)9(8(2)18)13(17)20/h7-11,18H,6H2,1-5H3/t7-,8-,9-,10-,11+/m1/s1. The van der Waals surface area contributed by atoms with E-state index in [1.165, 1.54) is 6.92 Å². The summed E-state index contributed by atoms with van der Waals surface area (Å²) in [4.78, 5) is 49.4. The van der Waals surface area contributed by atoms with Gasteiger partial charge in [-0.1, -0.05) is 6.92 Å². The number of ether oxygens (including phenoxy) is 2.